The molecular weight excluding hydrogens is 1010 g/mol. The lowest BCUT2D eigenvalue weighted by Gasteiger charge is -2.18. The van der Waals surface area contributed by atoms with Crippen LogP contribution < -0.4 is 0 Å². The lowest BCUT2D eigenvalue weighted by Crippen LogP contribution is -2.30. The summed E-state index contributed by atoms with van der Waals surface area (Å²) in [6.07, 6.45) is 99.7. The Hall–Kier alpha value is -4.97. The first kappa shape index (κ1) is 77.0. The molecule has 1 atom stereocenters. The van der Waals surface area contributed by atoms with Crippen LogP contribution in [0.25, 0.3) is 0 Å². The van der Waals surface area contributed by atoms with Crippen molar-refractivity contribution in [2.24, 2.45) is 0 Å². The van der Waals surface area contributed by atoms with E-state index in [-0.39, 0.29) is 31.1 Å². The zero-order chi connectivity index (χ0) is 59.2. The second kappa shape index (κ2) is 68.5. The standard InChI is InChI=1S/C76H122O6/c1-4-7-10-13-16-19-22-25-27-29-31-33-35-37-38-40-41-43-45-47-49-51-54-57-60-63-66-69-75(78)81-72-73(71-80-74(77)68-65-62-59-56-53-24-21-18-15-12-9-6-3)82-76(79)70-67-64-61-58-55-52-50-48-46-44-42-39-36-34-32-30-28-26-23-20-17-14-11-8-5-2/h7-8,10-11,16-21,25-28,31-34,37-38,41,43,47,49,54,57,73H,4-6,9,12-15,22-24,29-30,35-36,39-40,42,44-46,48,50-53,55-56,58-72H2,1-3H3/b10-7-,11-8-,19-16-,20-17-,21-18-,27-25-,28-26-,33-31-,34-32-,38-37-,43-41-,49-47-,57-54-. The molecule has 0 aliphatic rings. The van der Waals surface area contributed by atoms with Crippen LogP contribution in [-0.2, 0) is 28.6 Å². The van der Waals surface area contributed by atoms with Crippen LogP contribution in [0, 0.1) is 0 Å². The molecule has 0 aromatic rings. The van der Waals surface area contributed by atoms with Gasteiger partial charge in [-0.3, -0.25) is 14.4 Å². The van der Waals surface area contributed by atoms with Crippen molar-refractivity contribution in [3.05, 3.63) is 158 Å². The van der Waals surface area contributed by atoms with E-state index in [1.807, 2.05) is 0 Å². The number of ether oxygens (including phenoxy) is 3. The third-order valence-corrected chi connectivity index (χ3v) is 13.7. The van der Waals surface area contributed by atoms with E-state index in [4.69, 9.17) is 14.2 Å². The Balaban J connectivity index is 4.41. The van der Waals surface area contributed by atoms with Crippen molar-refractivity contribution >= 4 is 17.9 Å². The summed E-state index contributed by atoms with van der Waals surface area (Å²) in [6.45, 7) is 6.35. The molecule has 0 bridgehead atoms. The van der Waals surface area contributed by atoms with Gasteiger partial charge in [-0.25, -0.2) is 0 Å². The molecule has 6 heteroatoms. The van der Waals surface area contributed by atoms with Gasteiger partial charge in [0.05, 0.1) is 0 Å². The molecule has 0 radical (unpaired) electrons. The van der Waals surface area contributed by atoms with Gasteiger partial charge in [0.2, 0.25) is 0 Å². The van der Waals surface area contributed by atoms with Crippen LogP contribution >= 0.6 is 0 Å². The quantitative estimate of drug-likeness (QED) is 0.0261. The van der Waals surface area contributed by atoms with Gasteiger partial charge in [0.25, 0.3) is 0 Å². The Morgan fingerprint density at radius 3 is 0.780 bits per heavy atom. The van der Waals surface area contributed by atoms with Gasteiger partial charge < -0.3 is 14.2 Å². The van der Waals surface area contributed by atoms with E-state index < -0.39 is 6.10 Å². The van der Waals surface area contributed by atoms with Gasteiger partial charge >= 0.3 is 17.9 Å². The Morgan fingerprint density at radius 1 is 0.256 bits per heavy atom. The molecule has 0 fully saturated rings. The lowest BCUT2D eigenvalue weighted by atomic mass is 10.0. The smallest absolute Gasteiger partial charge is 0.306 e. The third kappa shape index (κ3) is 65.8. The largest absolute Gasteiger partial charge is 0.462 e. The van der Waals surface area contributed by atoms with Crippen LogP contribution in [0.15, 0.2) is 158 Å². The maximum atomic E-state index is 12.9. The number of allylic oxidation sites excluding steroid dienone is 26. The average Bonchev–Trinajstić information content (AvgIpc) is 3.47. The summed E-state index contributed by atoms with van der Waals surface area (Å²) >= 11 is 0. The van der Waals surface area contributed by atoms with Crippen molar-refractivity contribution in [2.75, 3.05) is 13.2 Å². The second-order valence-corrected chi connectivity index (χ2v) is 21.6. The third-order valence-electron chi connectivity index (χ3n) is 13.7. The van der Waals surface area contributed by atoms with Gasteiger partial charge in [-0.2, -0.15) is 0 Å². The number of unbranched alkanes of at least 4 members (excludes halogenated alkanes) is 22. The fourth-order valence-corrected chi connectivity index (χ4v) is 8.80. The molecular formula is C76H122O6. The fourth-order valence-electron chi connectivity index (χ4n) is 8.80. The van der Waals surface area contributed by atoms with E-state index in [9.17, 15) is 14.4 Å². The molecule has 0 rings (SSSR count). The molecule has 0 N–H and O–H groups in total. The van der Waals surface area contributed by atoms with Crippen molar-refractivity contribution in [2.45, 2.75) is 290 Å². The maximum Gasteiger partial charge on any atom is 0.306 e. The zero-order valence-corrected chi connectivity index (χ0v) is 52.9. The van der Waals surface area contributed by atoms with Crippen LogP contribution in [0.3, 0.4) is 0 Å². The van der Waals surface area contributed by atoms with E-state index in [0.29, 0.717) is 25.7 Å². The number of rotatable bonds is 59. The molecule has 0 aliphatic carbocycles. The van der Waals surface area contributed by atoms with Crippen LogP contribution in [0.4, 0.5) is 0 Å². The Morgan fingerprint density at radius 2 is 0.476 bits per heavy atom. The number of hydrogen-bond acceptors (Lipinski definition) is 6. The molecule has 0 spiro atoms. The minimum Gasteiger partial charge on any atom is -0.462 e. The van der Waals surface area contributed by atoms with Gasteiger partial charge in [0.15, 0.2) is 6.10 Å². The van der Waals surface area contributed by atoms with Crippen LogP contribution in [0.1, 0.15) is 284 Å². The lowest BCUT2D eigenvalue weighted by molar-refractivity contribution is -0.167. The first-order chi connectivity index (χ1) is 40.5. The Kier molecular flexibility index (Phi) is 64.4. The second-order valence-electron chi connectivity index (χ2n) is 21.6. The van der Waals surface area contributed by atoms with E-state index in [1.165, 1.54) is 96.3 Å². The monoisotopic (exact) mass is 1130 g/mol. The molecule has 82 heavy (non-hydrogen) atoms. The summed E-state index contributed by atoms with van der Waals surface area (Å²) < 4.78 is 16.9. The summed E-state index contributed by atoms with van der Waals surface area (Å²) in [4.78, 5) is 38.3. The first-order valence-corrected chi connectivity index (χ1v) is 33.5. The van der Waals surface area contributed by atoms with Gasteiger partial charge in [0, 0.05) is 19.3 Å². The molecule has 6 nitrogen and oxygen atoms in total. The molecule has 0 aliphatic heterocycles. The summed E-state index contributed by atoms with van der Waals surface area (Å²) in [5.74, 6) is -0.958. The van der Waals surface area contributed by atoms with E-state index >= 15 is 0 Å². The molecule has 0 saturated heterocycles. The predicted molar refractivity (Wildman–Crippen MR) is 357 cm³/mol. The van der Waals surface area contributed by atoms with Gasteiger partial charge in [-0.15, -0.1) is 0 Å². The van der Waals surface area contributed by atoms with Crippen molar-refractivity contribution in [3.63, 3.8) is 0 Å². The summed E-state index contributed by atoms with van der Waals surface area (Å²) in [7, 11) is 0. The van der Waals surface area contributed by atoms with Gasteiger partial charge in [0.1, 0.15) is 13.2 Å². The maximum absolute atomic E-state index is 12.9. The fraction of sp³-hybridized carbons (Fsp3) is 0.618. The van der Waals surface area contributed by atoms with Crippen LogP contribution in [0.5, 0.6) is 0 Å². The molecule has 462 valence electrons. The highest BCUT2D eigenvalue weighted by molar-refractivity contribution is 5.71. The molecule has 1 unspecified atom stereocenters. The number of esters is 3. The molecule has 0 amide bonds. The summed E-state index contributed by atoms with van der Waals surface area (Å²) in [5.41, 5.74) is 0. The Bertz CT molecular complexity index is 1830. The van der Waals surface area contributed by atoms with Crippen LogP contribution in [0.2, 0.25) is 0 Å². The SMILES string of the molecule is CC/C=C\C/C=C\C/C=C\C/C=C\C/C=C\C/C=C\C/C=C\C/C=C\CCCCC(=O)OCC(COC(=O)CCCCCCC/C=C\CCCCC)OC(=O)CCCCCCCCCCCCCC/C=C\C/C=C\C/C=C\C/C=C\CC. The van der Waals surface area contributed by atoms with Gasteiger partial charge in [-0.1, -0.05) is 275 Å². The van der Waals surface area contributed by atoms with E-state index in [1.54, 1.807) is 0 Å². The normalized spacial score (nSPS) is 13.2. The first-order valence-electron chi connectivity index (χ1n) is 33.5. The number of carbonyl (C=O) groups excluding carboxylic acids is 3. The minimum absolute atomic E-state index is 0.102. The number of hydrogen-bond donors (Lipinski definition) is 0. The van der Waals surface area contributed by atoms with Gasteiger partial charge in [-0.05, 0) is 148 Å². The van der Waals surface area contributed by atoms with Crippen molar-refractivity contribution in [1.29, 1.82) is 0 Å². The highest BCUT2D eigenvalue weighted by atomic mass is 16.6. The zero-order valence-electron chi connectivity index (χ0n) is 52.9. The van der Waals surface area contributed by atoms with Crippen LogP contribution in [-0.4, -0.2) is 37.2 Å². The minimum atomic E-state index is -0.809. The predicted octanol–water partition coefficient (Wildman–Crippen LogP) is 23.3. The number of carbonyl (C=O) groups is 3. The van der Waals surface area contributed by atoms with Crippen molar-refractivity contribution < 1.29 is 28.6 Å². The molecule has 0 aromatic carbocycles. The topological polar surface area (TPSA) is 78.9 Å². The van der Waals surface area contributed by atoms with E-state index in [0.717, 1.165) is 141 Å². The molecule has 0 aromatic heterocycles. The molecule has 0 heterocycles. The molecule has 0 saturated carbocycles. The summed E-state index contributed by atoms with van der Waals surface area (Å²) in [6, 6.07) is 0. The average molecular weight is 1130 g/mol. The highest BCUT2D eigenvalue weighted by Gasteiger charge is 2.19. The van der Waals surface area contributed by atoms with Crippen molar-refractivity contribution in [3.8, 4) is 0 Å². The highest BCUT2D eigenvalue weighted by Crippen LogP contribution is 2.15. The van der Waals surface area contributed by atoms with E-state index in [2.05, 4.69) is 179 Å². The van der Waals surface area contributed by atoms with Crippen molar-refractivity contribution in [1.82, 2.24) is 0 Å². The summed E-state index contributed by atoms with van der Waals surface area (Å²) in [5, 5.41) is 0. The Labute approximate surface area is 505 Å².